The Kier molecular flexibility index (Phi) is 6.15. The summed E-state index contributed by atoms with van der Waals surface area (Å²) in [6, 6.07) is 15.0. The zero-order valence-electron chi connectivity index (χ0n) is 14.2. The number of halogens is 2. The summed E-state index contributed by atoms with van der Waals surface area (Å²) >= 11 is 12.1. The Balaban J connectivity index is 1.62. The summed E-state index contributed by atoms with van der Waals surface area (Å²) in [5.74, 6) is 2.06. The van der Waals surface area contributed by atoms with Gasteiger partial charge in [-0.25, -0.2) is 4.98 Å². The highest BCUT2D eigenvalue weighted by molar-refractivity contribution is 6.36. The van der Waals surface area contributed by atoms with Crippen molar-refractivity contribution in [3.05, 3.63) is 70.3 Å². The van der Waals surface area contributed by atoms with Gasteiger partial charge in [-0.2, -0.15) is 4.98 Å². The van der Waals surface area contributed by atoms with Crippen LogP contribution in [0.3, 0.4) is 0 Å². The highest BCUT2D eigenvalue weighted by atomic mass is 35.5. The van der Waals surface area contributed by atoms with Crippen molar-refractivity contribution in [2.75, 3.05) is 24.3 Å². The first-order valence-corrected chi connectivity index (χ1v) is 8.82. The van der Waals surface area contributed by atoms with E-state index in [2.05, 4.69) is 20.6 Å². The number of anilines is 3. The molecule has 0 saturated heterocycles. The van der Waals surface area contributed by atoms with Gasteiger partial charge in [-0.05, 0) is 42.3 Å². The zero-order chi connectivity index (χ0) is 18.4. The van der Waals surface area contributed by atoms with E-state index in [1.54, 1.807) is 31.5 Å². The summed E-state index contributed by atoms with van der Waals surface area (Å²) < 4.78 is 5.36. The van der Waals surface area contributed by atoms with E-state index in [1.165, 1.54) is 0 Å². The van der Waals surface area contributed by atoms with Crippen LogP contribution >= 0.6 is 23.2 Å². The largest absolute Gasteiger partial charge is 0.496 e. The molecular formula is C19H18Cl2N4O. The first-order valence-electron chi connectivity index (χ1n) is 8.06. The lowest BCUT2D eigenvalue weighted by Crippen LogP contribution is -2.09. The maximum absolute atomic E-state index is 6.18. The van der Waals surface area contributed by atoms with Crippen LogP contribution in [0.5, 0.6) is 5.75 Å². The van der Waals surface area contributed by atoms with E-state index >= 15 is 0 Å². The minimum absolute atomic E-state index is 0.529. The van der Waals surface area contributed by atoms with Crippen molar-refractivity contribution in [1.82, 2.24) is 9.97 Å². The predicted octanol–water partition coefficient (Wildman–Crippen LogP) is 5.19. The van der Waals surface area contributed by atoms with Crippen molar-refractivity contribution in [2.24, 2.45) is 0 Å². The second-order valence-electron chi connectivity index (χ2n) is 5.50. The molecule has 134 valence electrons. The predicted molar refractivity (Wildman–Crippen MR) is 107 cm³/mol. The number of nitrogens with zero attached hydrogens (tertiary/aromatic N) is 2. The van der Waals surface area contributed by atoms with Crippen LogP contribution < -0.4 is 15.4 Å². The quantitative estimate of drug-likeness (QED) is 0.582. The normalized spacial score (nSPS) is 10.4. The molecule has 0 saturated carbocycles. The number of para-hydroxylation sites is 1. The first-order chi connectivity index (χ1) is 12.7. The molecule has 26 heavy (non-hydrogen) atoms. The number of hydrogen-bond acceptors (Lipinski definition) is 5. The molecule has 1 aromatic heterocycles. The second-order valence-corrected chi connectivity index (χ2v) is 6.35. The first kappa shape index (κ1) is 18.3. The zero-order valence-corrected chi connectivity index (χ0v) is 15.7. The molecule has 1 heterocycles. The molecule has 5 nitrogen and oxygen atoms in total. The Morgan fingerprint density at radius 1 is 1.08 bits per heavy atom. The maximum Gasteiger partial charge on any atom is 0.224 e. The number of ether oxygens (including phenoxy) is 1. The van der Waals surface area contributed by atoms with Crippen LogP contribution in [0, 0.1) is 0 Å². The van der Waals surface area contributed by atoms with E-state index in [-0.39, 0.29) is 0 Å². The summed E-state index contributed by atoms with van der Waals surface area (Å²) in [5.41, 5.74) is 1.86. The Morgan fingerprint density at radius 2 is 1.92 bits per heavy atom. The van der Waals surface area contributed by atoms with Crippen molar-refractivity contribution in [3.8, 4) is 5.75 Å². The van der Waals surface area contributed by atoms with Crippen molar-refractivity contribution in [3.63, 3.8) is 0 Å². The Labute approximate surface area is 162 Å². The molecule has 0 aliphatic heterocycles. The van der Waals surface area contributed by atoms with Gasteiger partial charge in [0.15, 0.2) is 0 Å². The topological polar surface area (TPSA) is 59.1 Å². The van der Waals surface area contributed by atoms with E-state index in [4.69, 9.17) is 27.9 Å². The summed E-state index contributed by atoms with van der Waals surface area (Å²) in [7, 11) is 1.67. The van der Waals surface area contributed by atoms with Crippen LogP contribution in [-0.2, 0) is 6.42 Å². The molecule has 0 amide bonds. The van der Waals surface area contributed by atoms with Crippen LogP contribution in [0.25, 0.3) is 0 Å². The molecule has 2 N–H and O–H groups in total. The fourth-order valence-electron chi connectivity index (χ4n) is 2.46. The van der Waals surface area contributed by atoms with Gasteiger partial charge in [-0.15, -0.1) is 0 Å². The van der Waals surface area contributed by atoms with Crippen LogP contribution in [-0.4, -0.2) is 23.6 Å². The van der Waals surface area contributed by atoms with Crippen molar-refractivity contribution >= 4 is 40.7 Å². The molecular weight excluding hydrogens is 371 g/mol. The van der Waals surface area contributed by atoms with Gasteiger partial charge in [0.05, 0.1) is 17.8 Å². The summed E-state index contributed by atoms with van der Waals surface area (Å²) in [4.78, 5) is 8.69. The Morgan fingerprint density at radius 3 is 2.73 bits per heavy atom. The van der Waals surface area contributed by atoms with Gasteiger partial charge in [-0.1, -0.05) is 41.4 Å². The summed E-state index contributed by atoms with van der Waals surface area (Å²) in [5, 5.41) is 7.50. The highest BCUT2D eigenvalue weighted by Gasteiger charge is 2.05. The third kappa shape index (κ3) is 4.77. The number of hydrogen-bond donors (Lipinski definition) is 2. The molecule has 0 aliphatic carbocycles. The van der Waals surface area contributed by atoms with Crippen LogP contribution in [0.1, 0.15) is 5.56 Å². The number of methoxy groups -OCH3 is 1. The third-order valence-electron chi connectivity index (χ3n) is 3.72. The molecule has 0 radical (unpaired) electrons. The molecule has 3 aromatic rings. The highest BCUT2D eigenvalue weighted by Crippen LogP contribution is 2.27. The molecule has 7 heteroatoms. The standard InChI is InChI=1S/C19H18Cl2N4O/c1-26-17-5-3-2-4-13(17)8-10-22-19-23-11-9-18(25-19)24-16-7-6-14(20)12-15(16)21/h2-7,9,11-12H,8,10H2,1H3,(H2,22,23,24,25). The molecule has 0 fully saturated rings. The number of rotatable bonds is 7. The summed E-state index contributed by atoms with van der Waals surface area (Å²) in [6.07, 6.45) is 2.48. The number of benzene rings is 2. The van der Waals surface area contributed by atoms with Crippen molar-refractivity contribution < 1.29 is 4.74 Å². The fourth-order valence-corrected chi connectivity index (χ4v) is 2.92. The Hall–Kier alpha value is -2.50. The van der Waals surface area contributed by atoms with Crippen LogP contribution in [0.15, 0.2) is 54.7 Å². The van der Waals surface area contributed by atoms with Gasteiger partial charge < -0.3 is 15.4 Å². The van der Waals surface area contributed by atoms with Crippen molar-refractivity contribution in [1.29, 1.82) is 0 Å². The van der Waals surface area contributed by atoms with E-state index in [0.717, 1.165) is 23.4 Å². The summed E-state index contributed by atoms with van der Waals surface area (Å²) in [6.45, 7) is 0.686. The lowest BCUT2D eigenvalue weighted by Gasteiger charge is -2.11. The van der Waals surface area contributed by atoms with E-state index < -0.39 is 0 Å². The monoisotopic (exact) mass is 388 g/mol. The van der Waals surface area contributed by atoms with Gasteiger partial charge in [0.1, 0.15) is 11.6 Å². The smallest absolute Gasteiger partial charge is 0.224 e. The second kappa shape index (κ2) is 8.74. The van der Waals surface area contributed by atoms with Crippen molar-refractivity contribution in [2.45, 2.75) is 6.42 Å². The third-order valence-corrected chi connectivity index (χ3v) is 4.27. The lowest BCUT2D eigenvalue weighted by atomic mass is 10.1. The number of aromatic nitrogens is 2. The van der Waals surface area contributed by atoms with E-state index in [0.29, 0.717) is 28.4 Å². The maximum atomic E-state index is 6.18. The van der Waals surface area contributed by atoms with Gasteiger partial charge >= 0.3 is 0 Å². The molecule has 0 atom stereocenters. The van der Waals surface area contributed by atoms with E-state index in [9.17, 15) is 0 Å². The molecule has 2 aromatic carbocycles. The minimum Gasteiger partial charge on any atom is -0.496 e. The fraction of sp³-hybridized carbons (Fsp3) is 0.158. The molecule has 0 spiro atoms. The SMILES string of the molecule is COc1ccccc1CCNc1nccc(Nc2ccc(Cl)cc2Cl)n1. The minimum atomic E-state index is 0.529. The van der Waals surface area contributed by atoms with E-state index in [1.807, 2.05) is 30.3 Å². The Bertz CT molecular complexity index is 889. The van der Waals surface area contributed by atoms with Crippen LogP contribution in [0.2, 0.25) is 10.0 Å². The van der Waals surface area contributed by atoms with Gasteiger partial charge in [0, 0.05) is 17.8 Å². The van der Waals surface area contributed by atoms with Gasteiger partial charge in [0.2, 0.25) is 5.95 Å². The lowest BCUT2D eigenvalue weighted by molar-refractivity contribution is 0.410. The molecule has 0 unspecified atom stereocenters. The molecule has 0 bridgehead atoms. The molecule has 0 aliphatic rings. The van der Waals surface area contributed by atoms with Gasteiger partial charge in [0.25, 0.3) is 0 Å². The number of nitrogens with one attached hydrogen (secondary N) is 2. The molecule has 3 rings (SSSR count). The average Bonchev–Trinajstić information content (AvgIpc) is 2.65. The average molecular weight is 389 g/mol. The van der Waals surface area contributed by atoms with Gasteiger partial charge in [-0.3, -0.25) is 0 Å². The van der Waals surface area contributed by atoms with Crippen LogP contribution in [0.4, 0.5) is 17.5 Å².